The number of aromatic nitrogens is 1. The molecule has 0 bridgehead atoms. The third-order valence-electron chi connectivity index (χ3n) is 4.51. The van der Waals surface area contributed by atoms with Gasteiger partial charge in [0.15, 0.2) is 5.13 Å². The van der Waals surface area contributed by atoms with Crippen LogP contribution in [0.3, 0.4) is 0 Å². The van der Waals surface area contributed by atoms with Gasteiger partial charge in [0.2, 0.25) is 0 Å². The summed E-state index contributed by atoms with van der Waals surface area (Å²) in [6, 6.07) is 13.8. The lowest BCUT2D eigenvalue weighted by atomic mass is 9.79. The van der Waals surface area contributed by atoms with Crippen LogP contribution in [0.1, 0.15) is 42.3 Å². The largest absolute Gasteiger partial charge is 0.298 e. The Labute approximate surface area is 157 Å². The van der Waals surface area contributed by atoms with Crippen molar-refractivity contribution in [1.82, 2.24) is 4.98 Å². The summed E-state index contributed by atoms with van der Waals surface area (Å²) in [4.78, 5) is 22.3. The highest BCUT2D eigenvalue weighted by molar-refractivity contribution is 7.22. The molecule has 1 N–H and O–H groups in total. The van der Waals surface area contributed by atoms with Crippen molar-refractivity contribution in [1.29, 1.82) is 0 Å². The lowest BCUT2D eigenvalue weighted by Crippen LogP contribution is -2.29. The van der Waals surface area contributed by atoms with Gasteiger partial charge in [-0.1, -0.05) is 56.4 Å². The summed E-state index contributed by atoms with van der Waals surface area (Å²) in [6.45, 7) is 7.21. The van der Waals surface area contributed by atoms with Gasteiger partial charge in [0.05, 0.1) is 10.2 Å². The molecule has 0 fully saturated rings. The first-order chi connectivity index (χ1) is 12.4. The van der Waals surface area contributed by atoms with Crippen molar-refractivity contribution in [2.24, 2.45) is 10.4 Å². The number of nitrogens with one attached hydrogen (secondary N) is 1. The van der Waals surface area contributed by atoms with Crippen LogP contribution >= 0.6 is 11.3 Å². The molecule has 0 saturated heterocycles. The molecule has 0 saturated carbocycles. The van der Waals surface area contributed by atoms with E-state index in [-0.39, 0.29) is 11.3 Å². The minimum atomic E-state index is -0.125. The minimum absolute atomic E-state index is 0.110. The van der Waals surface area contributed by atoms with E-state index in [1.54, 1.807) is 0 Å². The zero-order chi connectivity index (χ0) is 18.3. The first-order valence-electron chi connectivity index (χ1n) is 8.77. The molecular formula is C21H21N3OS. The molecule has 1 aliphatic rings. The summed E-state index contributed by atoms with van der Waals surface area (Å²) in [5.74, 6) is -0.125. The summed E-state index contributed by atoms with van der Waals surface area (Å²) >= 11 is 1.49. The molecule has 1 aliphatic heterocycles. The van der Waals surface area contributed by atoms with Gasteiger partial charge in [-0.25, -0.2) is 4.98 Å². The molecule has 0 spiro atoms. The molecule has 0 unspecified atom stereocenters. The van der Waals surface area contributed by atoms with Crippen LogP contribution in [0.5, 0.6) is 0 Å². The number of nitrogens with zero attached hydrogens (tertiary/aromatic N) is 2. The number of hydrogen-bond donors (Lipinski definition) is 1. The molecule has 2 heterocycles. The van der Waals surface area contributed by atoms with Crippen LogP contribution in [-0.2, 0) is 6.42 Å². The maximum absolute atomic E-state index is 13.0. The Kier molecular flexibility index (Phi) is 4.11. The molecule has 4 rings (SSSR count). The molecule has 132 valence electrons. The molecular weight excluding hydrogens is 342 g/mol. The second-order valence-corrected chi connectivity index (χ2v) is 8.54. The molecule has 3 aromatic rings. The van der Waals surface area contributed by atoms with Crippen LogP contribution in [0, 0.1) is 5.41 Å². The lowest BCUT2D eigenvalue weighted by molar-refractivity contribution is 0.102. The summed E-state index contributed by atoms with van der Waals surface area (Å²) in [7, 11) is 0. The van der Waals surface area contributed by atoms with E-state index in [9.17, 15) is 4.79 Å². The number of para-hydroxylation sites is 1. The average molecular weight is 363 g/mol. The first kappa shape index (κ1) is 16.9. The van der Waals surface area contributed by atoms with Crippen molar-refractivity contribution in [2.75, 3.05) is 11.9 Å². The molecule has 2 aromatic carbocycles. The number of hydrogen-bond acceptors (Lipinski definition) is 4. The van der Waals surface area contributed by atoms with Gasteiger partial charge in [-0.05, 0) is 30.2 Å². The topological polar surface area (TPSA) is 54.4 Å². The Bertz CT molecular complexity index is 994. The Morgan fingerprint density at radius 2 is 1.92 bits per heavy atom. The van der Waals surface area contributed by atoms with Crippen molar-refractivity contribution in [3.8, 4) is 0 Å². The second kappa shape index (κ2) is 6.32. The standard InChI is InChI=1S/C21H21N3OS/c1-21(2,3)18-17-13(11-12-22-18)7-6-8-14(17)19(25)24-20-23-15-9-4-5-10-16(15)26-20/h4-10H,11-12H2,1-3H3,(H,23,24,25). The van der Waals surface area contributed by atoms with E-state index in [2.05, 4.69) is 37.1 Å². The van der Waals surface area contributed by atoms with Crippen molar-refractivity contribution in [3.05, 3.63) is 59.2 Å². The van der Waals surface area contributed by atoms with Crippen molar-refractivity contribution >= 4 is 38.3 Å². The highest BCUT2D eigenvalue weighted by Crippen LogP contribution is 2.31. The van der Waals surface area contributed by atoms with Crippen LogP contribution in [0.15, 0.2) is 47.5 Å². The smallest absolute Gasteiger partial charge is 0.258 e. The van der Waals surface area contributed by atoms with Gasteiger partial charge in [-0.2, -0.15) is 0 Å². The fraction of sp³-hybridized carbons (Fsp3) is 0.286. The minimum Gasteiger partial charge on any atom is -0.298 e. The number of thiazole rings is 1. The van der Waals surface area contributed by atoms with Crippen LogP contribution in [0.2, 0.25) is 0 Å². The second-order valence-electron chi connectivity index (χ2n) is 7.51. The van der Waals surface area contributed by atoms with Gasteiger partial charge in [0.25, 0.3) is 5.91 Å². The number of fused-ring (bicyclic) bond motifs is 2. The van der Waals surface area contributed by atoms with Gasteiger partial charge in [-0.3, -0.25) is 15.1 Å². The van der Waals surface area contributed by atoms with E-state index in [0.717, 1.165) is 34.5 Å². The molecule has 1 amide bonds. The first-order valence-corrected chi connectivity index (χ1v) is 9.59. The predicted molar refractivity (Wildman–Crippen MR) is 109 cm³/mol. The number of benzene rings is 2. The summed E-state index contributed by atoms with van der Waals surface area (Å²) in [5.41, 5.74) is 4.66. The fourth-order valence-corrected chi connectivity index (χ4v) is 4.21. The molecule has 1 aromatic heterocycles. The number of anilines is 1. The molecule has 5 heteroatoms. The van der Waals surface area contributed by atoms with E-state index in [0.29, 0.717) is 10.7 Å². The quantitative estimate of drug-likeness (QED) is 0.701. The number of rotatable bonds is 2. The van der Waals surface area contributed by atoms with E-state index < -0.39 is 0 Å². The number of carbonyl (C=O) groups excluding carboxylic acids is 1. The van der Waals surface area contributed by atoms with Crippen LogP contribution in [0.25, 0.3) is 10.2 Å². The molecule has 26 heavy (non-hydrogen) atoms. The Morgan fingerprint density at radius 3 is 2.69 bits per heavy atom. The average Bonchev–Trinajstić information content (AvgIpc) is 3.02. The number of carbonyl (C=O) groups is 1. The normalized spacial score (nSPS) is 14.0. The highest BCUT2D eigenvalue weighted by atomic mass is 32.1. The van der Waals surface area contributed by atoms with Crippen molar-refractivity contribution in [2.45, 2.75) is 27.2 Å². The fourth-order valence-electron chi connectivity index (χ4n) is 3.35. The van der Waals surface area contributed by atoms with Crippen molar-refractivity contribution in [3.63, 3.8) is 0 Å². The van der Waals surface area contributed by atoms with E-state index in [1.165, 1.54) is 16.9 Å². The van der Waals surface area contributed by atoms with Gasteiger partial charge in [-0.15, -0.1) is 0 Å². The summed E-state index contributed by atoms with van der Waals surface area (Å²) in [6.07, 6.45) is 0.872. The van der Waals surface area contributed by atoms with Crippen LogP contribution in [-0.4, -0.2) is 23.1 Å². The zero-order valence-corrected chi connectivity index (χ0v) is 16.0. The number of aliphatic imine (C=N–C) groups is 1. The van der Waals surface area contributed by atoms with Gasteiger partial charge < -0.3 is 0 Å². The zero-order valence-electron chi connectivity index (χ0n) is 15.2. The van der Waals surface area contributed by atoms with E-state index in [4.69, 9.17) is 4.99 Å². The Morgan fingerprint density at radius 1 is 1.12 bits per heavy atom. The van der Waals surface area contributed by atoms with E-state index >= 15 is 0 Å². The third-order valence-corrected chi connectivity index (χ3v) is 5.46. The van der Waals surface area contributed by atoms with Crippen LogP contribution in [0.4, 0.5) is 5.13 Å². The maximum Gasteiger partial charge on any atom is 0.258 e. The number of amides is 1. The Hall–Kier alpha value is -2.53. The van der Waals surface area contributed by atoms with Crippen LogP contribution < -0.4 is 5.32 Å². The lowest BCUT2D eigenvalue weighted by Gasteiger charge is -2.28. The monoisotopic (exact) mass is 363 g/mol. The van der Waals surface area contributed by atoms with E-state index in [1.807, 2.05) is 36.4 Å². The Balaban J connectivity index is 1.72. The SMILES string of the molecule is CC(C)(C)C1=NCCc2cccc(C(=O)Nc3nc4ccccc4s3)c21. The third kappa shape index (κ3) is 3.03. The maximum atomic E-state index is 13.0. The molecule has 4 nitrogen and oxygen atoms in total. The molecule has 0 atom stereocenters. The molecule has 0 radical (unpaired) electrons. The highest BCUT2D eigenvalue weighted by Gasteiger charge is 2.29. The summed E-state index contributed by atoms with van der Waals surface area (Å²) < 4.78 is 1.06. The molecule has 0 aliphatic carbocycles. The van der Waals surface area contributed by atoms with Gasteiger partial charge in [0.1, 0.15) is 0 Å². The van der Waals surface area contributed by atoms with Crippen molar-refractivity contribution < 1.29 is 4.79 Å². The predicted octanol–water partition coefficient (Wildman–Crippen LogP) is 4.94. The van der Waals surface area contributed by atoms with Gasteiger partial charge in [0, 0.05) is 28.8 Å². The van der Waals surface area contributed by atoms with Gasteiger partial charge >= 0.3 is 0 Å². The summed E-state index contributed by atoms with van der Waals surface area (Å²) in [5, 5.41) is 3.61.